The van der Waals surface area contributed by atoms with Crippen LogP contribution < -0.4 is 5.32 Å². The molecule has 1 aromatic rings. The number of aromatic nitrogens is 2. The Morgan fingerprint density at radius 1 is 1.53 bits per heavy atom. The highest BCUT2D eigenvalue weighted by Crippen LogP contribution is 2.25. The Morgan fingerprint density at radius 2 is 2.20 bits per heavy atom. The van der Waals surface area contributed by atoms with Gasteiger partial charge in [-0.1, -0.05) is 13.8 Å². The quantitative estimate of drug-likeness (QED) is 0.782. The van der Waals surface area contributed by atoms with Gasteiger partial charge in [0.2, 0.25) is 0 Å². The molecule has 0 aromatic carbocycles. The van der Waals surface area contributed by atoms with Crippen molar-refractivity contribution in [3.8, 4) is 0 Å². The van der Waals surface area contributed by atoms with Gasteiger partial charge in [0.1, 0.15) is 0 Å². The predicted octanol–water partition coefficient (Wildman–Crippen LogP) is 2.21. The summed E-state index contributed by atoms with van der Waals surface area (Å²) in [7, 11) is 2.00. The van der Waals surface area contributed by atoms with E-state index in [1.54, 1.807) is 0 Å². The van der Waals surface area contributed by atoms with E-state index in [1.165, 1.54) is 5.03 Å². The fourth-order valence-electron chi connectivity index (χ4n) is 1.48. The van der Waals surface area contributed by atoms with Crippen molar-refractivity contribution < 1.29 is 0 Å². The molecule has 0 fully saturated rings. The summed E-state index contributed by atoms with van der Waals surface area (Å²) in [6.07, 6.45) is 0. The summed E-state index contributed by atoms with van der Waals surface area (Å²) in [5, 5.41) is 9.58. The van der Waals surface area contributed by atoms with Crippen LogP contribution in [-0.4, -0.2) is 27.6 Å². The smallest absolute Gasteiger partial charge is 0.0942 e. The zero-order chi connectivity index (χ0) is 11.4. The summed E-state index contributed by atoms with van der Waals surface area (Å²) < 4.78 is 1.95. The predicted molar refractivity (Wildman–Crippen MR) is 66.4 cm³/mol. The first-order valence-corrected chi connectivity index (χ1v) is 6.33. The molecule has 0 saturated carbocycles. The van der Waals surface area contributed by atoms with Crippen LogP contribution in [0.25, 0.3) is 0 Å². The van der Waals surface area contributed by atoms with Gasteiger partial charge in [0.05, 0.1) is 10.7 Å². The van der Waals surface area contributed by atoms with Gasteiger partial charge in [0.25, 0.3) is 0 Å². The van der Waals surface area contributed by atoms with E-state index >= 15 is 0 Å². The molecule has 1 aromatic heterocycles. The van der Waals surface area contributed by atoms with Crippen molar-refractivity contribution in [2.75, 3.05) is 6.54 Å². The van der Waals surface area contributed by atoms with Crippen molar-refractivity contribution in [1.29, 1.82) is 0 Å². The Hall–Kier alpha value is -0.480. The molecule has 2 atom stereocenters. The molecule has 2 unspecified atom stereocenters. The van der Waals surface area contributed by atoms with Crippen LogP contribution in [0.4, 0.5) is 0 Å². The van der Waals surface area contributed by atoms with Gasteiger partial charge in [-0.05, 0) is 26.5 Å². The van der Waals surface area contributed by atoms with E-state index in [4.69, 9.17) is 0 Å². The third kappa shape index (κ3) is 3.54. The lowest BCUT2D eigenvalue weighted by Crippen LogP contribution is -2.33. The molecule has 86 valence electrons. The van der Waals surface area contributed by atoms with Crippen molar-refractivity contribution in [3.63, 3.8) is 0 Å². The Labute approximate surface area is 96.6 Å². The number of nitrogens with one attached hydrogen (secondary N) is 1. The van der Waals surface area contributed by atoms with E-state index in [-0.39, 0.29) is 0 Å². The Balaban J connectivity index is 2.57. The normalized spacial score (nSPS) is 15.3. The molecule has 3 nitrogen and oxygen atoms in total. The second-order valence-electron chi connectivity index (χ2n) is 3.92. The molecule has 0 saturated heterocycles. The number of aryl methyl sites for hydroxylation is 2. The molecule has 0 amide bonds. The van der Waals surface area contributed by atoms with Crippen LogP contribution in [0.5, 0.6) is 0 Å². The van der Waals surface area contributed by atoms with Crippen LogP contribution in [-0.2, 0) is 7.05 Å². The average molecular weight is 227 g/mol. The number of hydrogen-bond donors (Lipinski definition) is 1. The van der Waals surface area contributed by atoms with Crippen molar-refractivity contribution in [2.24, 2.45) is 7.05 Å². The highest BCUT2D eigenvalue weighted by atomic mass is 32.2. The third-order valence-electron chi connectivity index (χ3n) is 2.50. The fourth-order valence-corrected chi connectivity index (χ4v) is 2.59. The van der Waals surface area contributed by atoms with Crippen LogP contribution in [0.1, 0.15) is 26.5 Å². The van der Waals surface area contributed by atoms with Crippen LogP contribution in [0.2, 0.25) is 0 Å². The number of hydrogen-bond acceptors (Lipinski definition) is 3. The molecule has 1 heterocycles. The summed E-state index contributed by atoms with van der Waals surface area (Å²) in [6, 6.07) is 2.66. The molecular formula is C11H21N3S. The molecule has 0 radical (unpaired) electrons. The van der Waals surface area contributed by atoms with Gasteiger partial charge >= 0.3 is 0 Å². The lowest BCUT2D eigenvalue weighted by atomic mass is 10.2. The zero-order valence-corrected chi connectivity index (χ0v) is 11.1. The molecule has 1 N–H and O–H groups in total. The minimum absolute atomic E-state index is 0.523. The van der Waals surface area contributed by atoms with Gasteiger partial charge in [-0.2, -0.15) is 5.10 Å². The van der Waals surface area contributed by atoms with E-state index < -0.39 is 0 Å². The van der Waals surface area contributed by atoms with Gasteiger partial charge in [-0.3, -0.25) is 4.68 Å². The van der Waals surface area contributed by atoms with E-state index in [1.807, 2.05) is 30.4 Å². The van der Waals surface area contributed by atoms with Gasteiger partial charge in [0.15, 0.2) is 0 Å². The summed E-state index contributed by atoms with van der Waals surface area (Å²) in [6.45, 7) is 9.67. The Bertz CT molecular complexity index is 309. The van der Waals surface area contributed by atoms with Crippen LogP contribution in [0, 0.1) is 6.92 Å². The number of rotatable bonds is 5. The maximum Gasteiger partial charge on any atom is 0.0942 e. The lowest BCUT2D eigenvalue weighted by molar-refractivity contribution is 0.561. The van der Waals surface area contributed by atoms with Crippen molar-refractivity contribution >= 4 is 11.8 Å². The fraction of sp³-hybridized carbons (Fsp3) is 0.727. The Morgan fingerprint density at radius 3 is 2.67 bits per heavy atom. The molecule has 0 spiro atoms. The average Bonchev–Trinajstić information content (AvgIpc) is 2.45. The number of thioether (sulfide) groups is 1. The second-order valence-corrected chi connectivity index (χ2v) is 5.31. The molecule has 0 aliphatic heterocycles. The molecule has 15 heavy (non-hydrogen) atoms. The standard InChI is InChI=1S/C11H21N3S/c1-6-12-9(3)10(4)15-11-7-8(2)13-14(11)5/h7,9-10,12H,6H2,1-5H3. The van der Waals surface area contributed by atoms with Crippen molar-refractivity contribution in [3.05, 3.63) is 11.8 Å². The SMILES string of the molecule is CCNC(C)C(C)Sc1cc(C)nn1C. The first-order valence-electron chi connectivity index (χ1n) is 5.45. The zero-order valence-electron chi connectivity index (χ0n) is 10.2. The maximum absolute atomic E-state index is 4.34. The van der Waals surface area contributed by atoms with E-state index in [2.05, 4.69) is 37.3 Å². The lowest BCUT2D eigenvalue weighted by Gasteiger charge is -2.19. The molecule has 0 bridgehead atoms. The first-order chi connectivity index (χ1) is 7.04. The van der Waals surface area contributed by atoms with Crippen molar-refractivity contribution in [1.82, 2.24) is 15.1 Å². The highest BCUT2D eigenvalue weighted by Gasteiger charge is 2.14. The largest absolute Gasteiger partial charge is 0.313 e. The van der Waals surface area contributed by atoms with Gasteiger partial charge < -0.3 is 5.32 Å². The summed E-state index contributed by atoms with van der Waals surface area (Å²) >= 11 is 1.88. The summed E-state index contributed by atoms with van der Waals surface area (Å²) in [4.78, 5) is 0. The third-order valence-corrected chi connectivity index (χ3v) is 3.90. The monoisotopic (exact) mass is 227 g/mol. The van der Waals surface area contributed by atoms with E-state index in [0.29, 0.717) is 11.3 Å². The molecule has 1 rings (SSSR count). The minimum atomic E-state index is 0.523. The van der Waals surface area contributed by atoms with Crippen LogP contribution in [0.15, 0.2) is 11.1 Å². The van der Waals surface area contributed by atoms with Crippen LogP contribution in [0.3, 0.4) is 0 Å². The molecule has 4 heteroatoms. The summed E-state index contributed by atoms with van der Waals surface area (Å²) in [5.74, 6) is 0. The van der Waals surface area contributed by atoms with E-state index in [0.717, 1.165) is 12.2 Å². The molecule has 0 aliphatic carbocycles. The summed E-state index contributed by atoms with van der Waals surface area (Å²) in [5.41, 5.74) is 1.09. The number of nitrogens with zero attached hydrogens (tertiary/aromatic N) is 2. The maximum atomic E-state index is 4.34. The second kappa shape index (κ2) is 5.56. The van der Waals surface area contributed by atoms with Gasteiger partial charge in [-0.15, -0.1) is 11.8 Å². The van der Waals surface area contributed by atoms with Gasteiger partial charge in [-0.25, -0.2) is 0 Å². The molecule has 0 aliphatic rings. The first kappa shape index (κ1) is 12.6. The van der Waals surface area contributed by atoms with Crippen molar-refractivity contribution in [2.45, 2.75) is 44.0 Å². The topological polar surface area (TPSA) is 29.9 Å². The molecular weight excluding hydrogens is 206 g/mol. The van der Waals surface area contributed by atoms with E-state index in [9.17, 15) is 0 Å². The highest BCUT2D eigenvalue weighted by molar-refractivity contribution is 7.99. The van der Waals surface area contributed by atoms with Crippen LogP contribution >= 0.6 is 11.8 Å². The Kier molecular flexibility index (Phi) is 4.67. The van der Waals surface area contributed by atoms with Gasteiger partial charge in [0, 0.05) is 18.3 Å². The minimum Gasteiger partial charge on any atom is -0.313 e.